The van der Waals surface area contributed by atoms with E-state index in [1.807, 2.05) is 64.9 Å². The molecule has 4 aromatic rings. The predicted octanol–water partition coefficient (Wildman–Crippen LogP) is 4.59. The number of nitrogens with zero attached hydrogens (tertiary/aromatic N) is 4. The number of carbonyl (C=O) groups excluding carboxylic acids is 1. The number of anilines is 1. The molecule has 3 aromatic heterocycles. The van der Waals surface area contributed by atoms with Crippen LogP contribution in [0, 0.1) is 0 Å². The van der Waals surface area contributed by atoms with E-state index in [9.17, 15) is 4.79 Å². The topological polar surface area (TPSA) is 63.1 Å². The van der Waals surface area contributed by atoms with Gasteiger partial charge in [-0.1, -0.05) is 42.5 Å². The van der Waals surface area contributed by atoms with Gasteiger partial charge in [-0.25, -0.2) is 4.98 Å². The Hall–Kier alpha value is -3.45. The van der Waals surface area contributed by atoms with Gasteiger partial charge in [0.1, 0.15) is 11.5 Å². The normalized spacial score (nSPS) is 13.4. The number of amides is 1. The van der Waals surface area contributed by atoms with E-state index >= 15 is 0 Å². The molecule has 6 nitrogen and oxygen atoms in total. The van der Waals surface area contributed by atoms with Crippen molar-refractivity contribution in [3.8, 4) is 10.6 Å². The van der Waals surface area contributed by atoms with Crippen LogP contribution in [0.25, 0.3) is 10.6 Å². The first-order valence-electron chi connectivity index (χ1n) is 10.9. The minimum Gasteiger partial charge on any atom is -0.357 e. The lowest BCUT2D eigenvalue weighted by Gasteiger charge is -2.16. The van der Waals surface area contributed by atoms with E-state index in [1.165, 1.54) is 12.8 Å². The first-order valence-corrected chi connectivity index (χ1v) is 11.8. The lowest BCUT2D eigenvalue weighted by Crippen LogP contribution is -2.23. The molecule has 0 radical (unpaired) electrons. The van der Waals surface area contributed by atoms with Crippen molar-refractivity contribution in [3.63, 3.8) is 0 Å². The zero-order valence-electron chi connectivity index (χ0n) is 17.8. The number of carbonyl (C=O) groups is 1. The van der Waals surface area contributed by atoms with Gasteiger partial charge in [-0.15, -0.1) is 11.3 Å². The second-order valence-electron chi connectivity index (χ2n) is 7.95. The van der Waals surface area contributed by atoms with Gasteiger partial charge in [0.15, 0.2) is 0 Å². The molecule has 0 aliphatic carbocycles. The Bertz CT molecular complexity index is 1160. The van der Waals surface area contributed by atoms with Gasteiger partial charge in [0, 0.05) is 32.0 Å². The minimum absolute atomic E-state index is 0.128. The number of hydrogen-bond acceptors (Lipinski definition) is 5. The van der Waals surface area contributed by atoms with Crippen molar-refractivity contribution in [1.82, 2.24) is 20.1 Å². The van der Waals surface area contributed by atoms with Crippen LogP contribution < -0.4 is 10.2 Å². The summed E-state index contributed by atoms with van der Waals surface area (Å²) in [7, 11) is 0. The van der Waals surface area contributed by atoms with E-state index in [0.29, 0.717) is 18.7 Å². The van der Waals surface area contributed by atoms with Crippen LogP contribution in [0.3, 0.4) is 0 Å². The molecule has 1 saturated heterocycles. The van der Waals surface area contributed by atoms with Crippen LogP contribution in [0.15, 0.2) is 72.4 Å². The van der Waals surface area contributed by atoms with Crippen LogP contribution in [0.4, 0.5) is 5.82 Å². The molecule has 162 valence electrons. The molecule has 7 heteroatoms. The quantitative estimate of drug-likeness (QED) is 0.454. The molecule has 5 rings (SSSR count). The molecule has 1 amide bonds. The van der Waals surface area contributed by atoms with E-state index in [4.69, 9.17) is 5.10 Å². The summed E-state index contributed by atoms with van der Waals surface area (Å²) in [5.74, 6) is 0.885. The maximum absolute atomic E-state index is 13.1. The van der Waals surface area contributed by atoms with Gasteiger partial charge in [0.05, 0.1) is 17.0 Å². The first kappa shape index (κ1) is 20.5. The molecule has 1 aromatic carbocycles. The number of aromatic nitrogens is 3. The highest BCUT2D eigenvalue weighted by atomic mass is 32.1. The number of nitrogens with one attached hydrogen (secondary N) is 1. The third-order valence-corrected chi connectivity index (χ3v) is 6.52. The Morgan fingerprint density at radius 3 is 2.56 bits per heavy atom. The molecule has 0 bridgehead atoms. The Labute approximate surface area is 191 Å². The highest BCUT2D eigenvalue weighted by molar-refractivity contribution is 7.13. The molecule has 0 unspecified atom stereocenters. The van der Waals surface area contributed by atoms with Crippen molar-refractivity contribution in [2.24, 2.45) is 0 Å². The Morgan fingerprint density at radius 2 is 1.84 bits per heavy atom. The molecule has 1 aliphatic heterocycles. The largest absolute Gasteiger partial charge is 0.357 e. The predicted molar refractivity (Wildman–Crippen MR) is 128 cm³/mol. The summed E-state index contributed by atoms with van der Waals surface area (Å²) < 4.78 is 1.84. The first-order chi connectivity index (χ1) is 15.8. The smallest absolute Gasteiger partial charge is 0.255 e. The van der Waals surface area contributed by atoms with E-state index < -0.39 is 0 Å². The van der Waals surface area contributed by atoms with E-state index in [0.717, 1.165) is 40.6 Å². The molecular formula is C25H25N5OS. The number of benzene rings is 1. The van der Waals surface area contributed by atoms with E-state index in [-0.39, 0.29) is 5.91 Å². The van der Waals surface area contributed by atoms with Crippen molar-refractivity contribution >= 4 is 23.1 Å². The fourth-order valence-electron chi connectivity index (χ4n) is 3.97. The van der Waals surface area contributed by atoms with Gasteiger partial charge in [0.2, 0.25) is 0 Å². The Balaban J connectivity index is 1.31. The average Bonchev–Trinajstić information content (AvgIpc) is 3.60. The van der Waals surface area contributed by atoms with Crippen LogP contribution in [-0.2, 0) is 13.1 Å². The third-order valence-electron chi connectivity index (χ3n) is 5.64. The summed E-state index contributed by atoms with van der Waals surface area (Å²) in [6, 6.07) is 18.2. The zero-order chi connectivity index (χ0) is 21.8. The lowest BCUT2D eigenvalue weighted by molar-refractivity contribution is 0.0951. The van der Waals surface area contributed by atoms with Gasteiger partial charge >= 0.3 is 0 Å². The summed E-state index contributed by atoms with van der Waals surface area (Å²) in [6.45, 7) is 3.19. The molecule has 0 atom stereocenters. The van der Waals surface area contributed by atoms with Gasteiger partial charge < -0.3 is 10.2 Å². The minimum atomic E-state index is -0.128. The van der Waals surface area contributed by atoms with Crippen LogP contribution in [0.1, 0.15) is 34.3 Å². The average molecular weight is 444 g/mol. The van der Waals surface area contributed by atoms with Gasteiger partial charge in [-0.05, 0) is 41.5 Å². The van der Waals surface area contributed by atoms with Gasteiger partial charge in [0.25, 0.3) is 5.91 Å². The maximum Gasteiger partial charge on any atom is 0.255 e. The van der Waals surface area contributed by atoms with Crippen LogP contribution in [0.5, 0.6) is 0 Å². The fraction of sp³-hybridized carbons (Fsp3) is 0.240. The van der Waals surface area contributed by atoms with E-state index in [2.05, 4.69) is 27.3 Å². The lowest BCUT2D eigenvalue weighted by atomic mass is 10.2. The summed E-state index contributed by atoms with van der Waals surface area (Å²) in [6.07, 6.45) is 6.15. The second-order valence-corrected chi connectivity index (χ2v) is 8.90. The van der Waals surface area contributed by atoms with Gasteiger partial charge in [-0.3, -0.25) is 9.48 Å². The molecule has 0 spiro atoms. The molecule has 1 N–H and O–H groups in total. The molecule has 0 saturated carbocycles. The number of hydrogen-bond donors (Lipinski definition) is 1. The van der Waals surface area contributed by atoms with Crippen molar-refractivity contribution < 1.29 is 4.79 Å². The summed E-state index contributed by atoms with van der Waals surface area (Å²) in [5.41, 5.74) is 3.43. The van der Waals surface area contributed by atoms with Crippen molar-refractivity contribution in [1.29, 1.82) is 0 Å². The molecule has 32 heavy (non-hydrogen) atoms. The SMILES string of the molecule is O=C(NCc1ccc(N2CCCC2)nc1)c1cn(Cc2ccccc2)nc1-c1cccs1. The Kier molecular flexibility index (Phi) is 5.98. The van der Waals surface area contributed by atoms with Crippen LogP contribution in [0.2, 0.25) is 0 Å². The summed E-state index contributed by atoms with van der Waals surface area (Å²) in [4.78, 5) is 21.0. The van der Waals surface area contributed by atoms with Crippen molar-refractivity contribution in [2.75, 3.05) is 18.0 Å². The molecule has 4 heterocycles. The number of thiophene rings is 1. The fourth-order valence-corrected chi connectivity index (χ4v) is 4.69. The van der Waals surface area contributed by atoms with E-state index in [1.54, 1.807) is 11.3 Å². The number of pyridine rings is 1. The maximum atomic E-state index is 13.1. The second kappa shape index (κ2) is 9.36. The zero-order valence-corrected chi connectivity index (χ0v) is 18.6. The highest BCUT2D eigenvalue weighted by Crippen LogP contribution is 2.27. The standard InChI is InChI=1S/C25H25N5OS/c31-25(27-16-20-10-11-23(26-15-20)29-12-4-5-13-29)21-18-30(17-19-7-2-1-3-8-19)28-24(21)22-9-6-14-32-22/h1-3,6-11,14-15,18H,4-5,12-13,16-17H2,(H,27,31). The molecular weight excluding hydrogens is 418 g/mol. The highest BCUT2D eigenvalue weighted by Gasteiger charge is 2.19. The van der Waals surface area contributed by atoms with Crippen LogP contribution in [-0.4, -0.2) is 33.8 Å². The third kappa shape index (κ3) is 4.57. The molecule has 1 fully saturated rings. The molecule has 1 aliphatic rings. The van der Waals surface area contributed by atoms with Crippen LogP contribution >= 0.6 is 11.3 Å². The summed E-state index contributed by atoms with van der Waals surface area (Å²) in [5, 5.41) is 9.77. The van der Waals surface area contributed by atoms with Gasteiger partial charge in [-0.2, -0.15) is 5.10 Å². The van der Waals surface area contributed by atoms with Crippen molar-refractivity contribution in [2.45, 2.75) is 25.9 Å². The summed E-state index contributed by atoms with van der Waals surface area (Å²) >= 11 is 1.58. The Morgan fingerprint density at radius 1 is 1.00 bits per heavy atom. The monoisotopic (exact) mass is 443 g/mol. The number of rotatable bonds is 7. The van der Waals surface area contributed by atoms with Crippen molar-refractivity contribution in [3.05, 3.63) is 89.1 Å².